The van der Waals surface area contributed by atoms with Gasteiger partial charge in [0, 0.05) is 10.9 Å². The van der Waals surface area contributed by atoms with Crippen LogP contribution in [0.1, 0.15) is 17.8 Å². The maximum atomic E-state index is 11.9. The summed E-state index contributed by atoms with van der Waals surface area (Å²) in [7, 11) is 1.42. The maximum Gasteiger partial charge on any atom is 0.273 e. The molecule has 1 heterocycles. The minimum Gasteiger partial charge on any atom is -0.493 e. The highest BCUT2D eigenvalue weighted by Gasteiger charge is 2.15. The predicted molar refractivity (Wildman–Crippen MR) is 86.0 cm³/mol. The number of thiophene rings is 1. The number of hydrogen-bond acceptors (Lipinski definition) is 6. The Kier molecular flexibility index (Phi) is 5.53. The Hall–Kier alpha value is -2.61. The second-order valence-electron chi connectivity index (χ2n) is 4.69. The molecule has 8 heteroatoms. The fraction of sp³-hybridized carbons (Fsp3) is 0.267. The Labute approximate surface area is 137 Å². The fourth-order valence-corrected chi connectivity index (χ4v) is 2.66. The summed E-state index contributed by atoms with van der Waals surface area (Å²) in [6.07, 6.45) is 0. The van der Waals surface area contributed by atoms with Crippen LogP contribution < -0.4 is 14.8 Å². The van der Waals surface area contributed by atoms with E-state index in [1.165, 1.54) is 25.3 Å². The van der Waals surface area contributed by atoms with Crippen molar-refractivity contribution in [1.29, 1.82) is 0 Å². The Bertz CT molecular complexity index is 687. The summed E-state index contributed by atoms with van der Waals surface area (Å²) in [6.45, 7) is 1.62. The van der Waals surface area contributed by atoms with E-state index in [-0.39, 0.29) is 30.0 Å². The largest absolute Gasteiger partial charge is 0.493 e. The summed E-state index contributed by atoms with van der Waals surface area (Å²) in [4.78, 5) is 23.2. The zero-order chi connectivity index (χ0) is 16.8. The molecule has 23 heavy (non-hydrogen) atoms. The topological polar surface area (TPSA) is 90.7 Å². The van der Waals surface area contributed by atoms with Gasteiger partial charge in [-0.1, -0.05) is 6.07 Å². The summed E-state index contributed by atoms with van der Waals surface area (Å²) < 4.78 is 10.4. The number of nitrogens with zero attached hydrogens (tertiary/aromatic N) is 1. The molecule has 0 bridgehead atoms. The molecule has 0 saturated heterocycles. The van der Waals surface area contributed by atoms with Gasteiger partial charge in [-0.3, -0.25) is 14.9 Å². The monoisotopic (exact) mass is 336 g/mol. The fourth-order valence-electron chi connectivity index (χ4n) is 1.93. The average molecular weight is 336 g/mol. The lowest BCUT2D eigenvalue weighted by Crippen LogP contribution is -2.30. The molecule has 1 amide bonds. The van der Waals surface area contributed by atoms with Gasteiger partial charge in [-0.25, -0.2) is 0 Å². The molecule has 1 N–H and O–H groups in total. The van der Waals surface area contributed by atoms with Crippen LogP contribution in [0, 0.1) is 10.1 Å². The van der Waals surface area contributed by atoms with E-state index in [4.69, 9.17) is 9.47 Å². The van der Waals surface area contributed by atoms with Gasteiger partial charge in [0.25, 0.3) is 11.6 Å². The number of carbonyl (C=O) groups excluding carboxylic acids is 1. The molecule has 0 fully saturated rings. The van der Waals surface area contributed by atoms with Gasteiger partial charge < -0.3 is 14.8 Å². The summed E-state index contributed by atoms with van der Waals surface area (Å²) in [5.74, 6) is 0.162. The van der Waals surface area contributed by atoms with Gasteiger partial charge in [0.1, 0.15) is 0 Å². The third-order valence-corrected chi connectivity index (χ3v) is 4.12. The van der Waals surface area contributed by atoms with E-state index in [0.717, 1.165) is 4.88 Å². The van der Waals surface area contributed by atoms with Gasteiger partial charge >= 0.3 is 0 Å². The molecule has 0 aliphatic rings. The first kappa shape index (κ1) is 16.8. The van der Waals surface area contributed by atoms with Crippen molar-refractivity contribution in [2.45, 2.75) is 13.0 Å². The molecule has 7 nitrogen and oxygen atoms in total. The maximum absolute atomic E-state index is 11.9. The minimum atomic E-state index is -0.536. The number of benzene rings is 1. The van der Waals surface area contributed by atoms with Crippen LogP contribution >= 0.6 is 11.3 Å². The summed E-state index contributed by atoms with van der Waals surface area (Å²) >= 11 is 1.55. The van der Waals surface area contributed by atoms with Crippen molar-refractivity contribution in [3.05, 3.63) is 50.7 Å². The molecule has 1 aromatic heterocycles. The summed E-state index contributed by atoms with van der Waals surface area (Å²) in [6, 6.07) is 7.69. The van der Waals surface area contributed by atoms with E-state index < -0.39 is 4.92 Å². The second-order valence-corrected chi connectivity index (χ2v) is 5.66. The minimum absolute atomic E-state index is 0.127. The molecule has 0 spiro atoms. The Morgan fingerprint density at radius 1 is 1.39 bits per heavy atom. The van der Waals surface area contributed by atoms with Crippen molar-refractivity contribution in [1.82, 2.24) is 5.32 Å². The molecular formula is C15H16N2O5S. The van der Waals surface area contributed by atoms with Gasteiger partial charge in [0.05, 0.1) is 24.1 Å². The number of nitrogens with one attached hydrogen (secondary N) is 1. The predicted octanol–water partition coefficient (Wildman–Crippen LogP) is 2.92. The van der Waals surface area contributed by atoms with E-state index in [0.29, 0.717) is 5.75 Å². The second kappa shape index (κ2) is 7.59. The zero-order valence-electron chi connectivity index (χ0n) is 12.6. The lowest BCUT2D eigenvalue weighted by Gasteiger charge is -2.14. The molecule has 0 saturated carbocycles. The van der Waals surface area contributed by atoms with Crippen LogP contribution in [-0.2, 0) is 4.79 Å². The Balaban J connectivity index is 1.98. The number of rotatable bonds is 7. The number of hydrogen-bond donors (Lipinski definition) is 1. The lowest BCUT2D eigenvalue weighted by atomic mass is 10.2. The number of non-ortho nitro benzene ring substituents is 1. The third kappa shape index (κ3) is 4.43. The van der Waals surface area contributed by atoms with Crippen LogP contribution in [0.4, 0.5) is 5.69 Å². The summed E-state index contributed by atoms with van der Waals surface area (Å²) in [5.41, 5.74) is -0.131. The third-order valence-electron chi connectivity index (χ3n) is 3.06. The number of nitro groups is 1. The first-order valence-corrected chi connectivity index (χ1v) is 7.67. The van der Waals surface area contributed by atoms with Gasteiger partial charge in [-0.05, 0) is 24.4 Å². The molecule has 0 aliphatic heterocycles. The van der Waals surface area contributed by atoms with Crippen molar-refractivity contribution in [3.63, 3.8) is 0 Å². The number of carbonyl (C=O) groups is 1. The molecule has 1 aromatic carbocycles. The lowest BCUT2D eigenvalue weighted by molar-refractivity contribution is -0.385. The first-order chi connectivity index (χ1) is 11.0. The molecular weight excluding hydrogens is 320 g/mol. The van der Waals surface area contributed by atoms with E-state index in [1.54, 1.807) is 11.3 Å². The first-order valence-electron chi connectivity index (χ1n) is 6.79. The summed E-state index contributed by atoms with van der Waals surface area (Å²) in [5, 5.41) is 15.5. The van der Waals surface area contributed by atoms with Crippen LogP contribution in [0.2, 0.25) is 0 Å². The van der Waals surface area contributed by atoms with E-state index in [2.05, 4.69) is 5.32 Å². The van der Waals surface area contributed by atoms with Crippen LogP contribution in [0.25, 0.3) is 0 Å². The van der Waals surface area contributed by atoms with Gasteiger partial charge in [-0.2, -0.15) is 0 Å². The van der Waals surface area contributed by atoms with Crippen LogP contribution in [-0.4, -0.2) is 24.5 Å². The van der Waals surface area contributed by atoms with Gasteiger partial charge in [-0.15, -0.1) is 11.3 Å². The molecule has 2 aromatic rings. The van der Waals surface area contributed by atoms with Crippen molar-refractivity contribution in [2.24, 2.45) is 0 Å². The van der Waals surface area contributed by atoms with E-state index >= 15 is 0 Å². The number of nitro benzene ring substituents is 1. The molecule has 1 atom stereocenters. The average Bonchev–Trinajstić information content (AvgIpc) is 3.07. The van der Waals surface area contributed by atoms with E-state index in [9.17, 15) is 14.9 Å². The van der Waals surface area contributed by atoms with E-state index in [1.807, 2.05) is 24.4 Å². The number of amides is 1. The molecule has 2 rings (SSSR count). The van der Waals surface area contributed by atoms with Gasteiger partial charge in [0.15, 0.2) is 18.1 Å². The quantitative estimate of drug-likeness (QED) is 0.620. The molecule has 0 unspecified atom stereocenters. The SMILES string of the molecule is COc1ccc([N+](=O)[O-])cc1OCC(=O)N[C@H](C)c1cccs1. The molecule has 0 aliphatic carbocycles. The standard InChI is InChI=1S/C15H16N2O5S/c1-10(14-4-3-7-23-14)16-15(18)9-22-13-8-11(17(19)20)5-6-12(13)21-2/h3-8,10H,9H2,1-2H3,(H,16,18)/t10-/m1/s1. The van der Waals surface area contributed by atoms with Crippen molar-refractivity contribution in [2.75, 3.05) is 13.7 Å². The highest BCUT2D eigenvalue weighted by molar-refractivity contribution is 7.10. The van der Waals surface area contributed by atoms with Crippen LogP contribution in [0.5, 0.6) is 11.5 Å². The van der Waals surface area contributed by atoms with Crippen molar-refractivity contribution < 1.29 is 19.2 Å². The number of ether oxygens (including phenoxy) is 2. The molecule has 0 radical (unpaired) electrons. The Morgan fingerprint density at radius 2 is 2.17 bits per heavy atom. The highest BCUT2D eigenvalue weighted by atomic mass is 32.1. The van der Waals surface area contributed by atoms with Crippen molar-refractivity contribution >= 4 is 22.9 Å². The molecule has 122 valence electrons. The van der Waals surface area contributed by atoms with Crippen LogP contribution in [0.15, 0.2) is 35.7 Å². The highest BCUT2D eigenvalue weighted by Crippen LogP contribution is 2.31. The van der Waals surface area contributed by atoms with Gasteiger partial charge in [0.2, 0.25) is 0 Å². The normalized spacial score (nSPS) is 11.6. The zero-order valence-corrected chi connectivity index (χ0v) is 13.5. The number of methoxy groups -OCH3 is 1. The Morgan fingerprint density at radius 3 is 2.78 bits per heavy atom. The van der Waals surface area contributed by atoms with Crippen molar-refractivity contribution in [3.8, 4) is 11.5 Å². The smallest absolute Gasteiger partial charge is 0.273 e. The van der Waals surface area contributed by atoms with Crippen LogP contribution in [0.3, 0.4) is 0 Å².